The summed E-state index contributed by atoms with van der Waals surface area (Å²) >= 11 is 0. The van der Waals surface area contributed by atoms with Crippen LogP contribution in [-0.4, -0.2) is 24.2 Å². The van der Waals surface area contributed by atoms with Gasteiger partial charge in [-0.05, 0) is 18.2 Å². The summed E-state index contributed by atoms with van der Waals surface area (Å²) < 4.78 is 37.5. The Morgan fingerprint density at radius 3 is 2.43 bits per heavy atom. The number of nitrogens with one attached hydrogen (secondary N) is 1. The first kappa shape index (κ1) is 13.4. The number of halogens is 2. The van der Waals surface area contributed by atoms with Crippen LogP contribution in [0.4, 0.5) is 8.78 Å². The van der Waals surface area contributed by atoms with Crippen LogP contribution < -0.4 is 9.47 Å². The number of rotatable bonds is 3. The van der Waals surface area contributed by atoms with Gasteiger partial charge in [-0.2, -0.15) is 0 Å². The SMILES string of the molecule is COc1cc2nc(-c3cc(F)ccc3F)[nH]c2cc1OC. The van der Waals surface area contributed by atoms with Crippen molar-refractivity contribution in [1.29, 1.82) is 0 Å². The maximum Gasteiger partial charge on any atom is 0.163 e. The summed E-state index contributed by atoms with van der Waals surface area (Å²) in [5.74, 6) is 0.219. The molecule has 0 aliphatic carbocycles. The second-order valence-electron chi connectivity index (χ2n) is 4.43. The third-order valence-corrected chi connectivity index (χ3v) is 3.17. The Hall–Kier alpha value is -2.63. The van der Waals surface area contributed by atoms with Crippen molar-refractivity contribution in [2.75, 3.05) is 14.2 Å². The molecule has 0 fully saturated rings. The maximum absolute atomic E-state index is 13.8. The Kier molecular flexibility index (Phi) is 3.21. The molecule has 3 aromatic rings. The molecule has 21 heavy (non-hydrogen) atoms. The van der Waals surface area contributed by atoms with Crippen LogP contribution in [0, 0.1) is 11.6 Å². The quantitative estimate of drug-likeness (QED) is 0.802. The number of aromatic nitrogens is 2. The molecule has 1 aromatic heterocycles. The van der Waals surface area contributed by atoms with Crippen LogP contribution in [-0.2, 0) is 0 Å². The Balaban J connectivity index is 2.19. The topological polar surface area (TPSA) is 47.1 Å². The predicted molar refractivity (Wildman–Crippen MR) is 74.5 cm³/mol. The zero-order chi connectivity index (χ0) is 15.0. The number of fused-ring (bicyclic) bond motifs is 1. The van der Waals surface area contributed by atoms with Crippen LogP contribution >= 0.6 is 0 Å². The number of hydrogen-bond acceptors (Lipinski definition) is 3. The van der Waals surface area contributed by atoms with Crippen LogP contribution in [0.15, 0.2) is 30.3 Å². The van der Waals surface area contributed by atoms with E-state index in [0.29, 0.717) is 22.5 Å². The number of methoxy groups -OCH3 is 2. The lowest BCUT2D eigenvalue weighted by Gasteiger charge is -2.06. The first-order chi connectivity index (χ1) is 10.1. The van der Waals surface area contributed by atoms with E-state index in [2.05, 4.69) is 9.97 Å². The van der Waals surface area contributed by atoms with Gasteiger partial charge in [-0.3, -0.25) is 0 Å². The van der Waals surface area contributed by atoms with Crippen molar-refractivity contribution in [3.8, 4) is 22.9 Å². The standard InChI is InChI=1S/C15H12F2N2O2/c1-20-13-6-11-12(7-14(13)21-2)19-15(18-11)9-5-8(16)3-4-10(9)17/h3-7H,1-2H3,(H,18,19). The van der Waals surface area contributed by atoms with E-state index in [9.17, 15) is 8.78 Å². The molecule has 2 aromatic carbocycles. The third kappa shape index (κ3) is 2.29. The predicted octanol–water partition coefficient (Wildman–Crippen LogP) is 3.53. The minimum absolute atomic E-state index is 0.0733. The molecule has 1 N–H and O–H groups in total. The van der Waals surface area contributed by atoms with Crippen molar-refractivity contribution in [1.82, 2.24) is 9.97 Å². The summed E-state index contributed by atoms with van der Waals surface area (Å²) in [5.41, 5.74) is 1.29. The molecule has 0 aliphatic rings. The van der Waals surface area contributed by atoms with E-state index >= 15 is 0 Å². The molecule has 0 unspecified atom stereocenters. The molecule has 108 valence electrons. The van der Waals surface area contributed by atoms with Gasteiger partial charge in [-0.25, -0.2) is 13.8 Å². The second-order valence-corrected chi connectivity index (χ2v) is 4.43. The lowest BCUT2D eigenvalue weighted by Crippen LogP contribution is -1.89. The van der Waals surface area contributed by atoms with E-state index < -0.39 is 11.6 Å². The lowest BCUT2D eigenvalue weighted by molar-refractivity contribution is 0.356. The zero-order valence-electron chi connectivity index (χ0n) is 11.4. The van der Waals surface area contributed by atoms with Gasteiger partial charge < -0.3 is 14.5 Å². The fourth-order valence-electron chi connectivity index (χ4n) is 2.14. The maximum atomic E-state index is 13.8. The Bertz CT molecular complexity index is 774. The number of benzene rings is 2. The second kappa shape index (κ2) is 5.05. The number of imidazole rings is 1. The van der Waals surface area contributed by atoms with Gasteiger partial charge in [0.25, 0.3) is 0 Å². The molecular weight excluding hydrogens is 278 g/mol. The molecule has 0 amide bonds. The Morgan fingerprint density at radius 2 is 1.71 bits per heavy atom. The number of ether oxygens (including phenoxy) is 2. The van der Waals surface area contributed by atoms with Crippen LogP contribution in [0.5, 0.6) is 11.5 Å². The summed E-state index contributed by atoms with van der Waals surface area (Å²) in [6.45, 7) is 0. The molecule has 0 atom stereocenters. The van der Waals surface area contributed by atoms with Gasteiger partial charge in [0.15, 0.2) is 11.5 Å². The minimum Gasteiger partial charge on any atom is -0.493 e. The van der Waals surface area contributed by atoms with Crippen LogP contribution in [0.3, 0.4) is 0 Å². The van der Waals surface area contributed by atoms with Crippen molar-refractivity contribution in [3.05, 3.63) is 42.0 Å². The van der Waals surface area contributed by atoms with Crippen molar-refractivity contribution in [2.45, 2.75) is 0 Å². The fourth-order valence-corrected chi connectivity index (χ4v) is 2.14. The molecule has 0 aliphatic heterocycles. The van der Waals surface area contributed by atoms with E-state index in [1.807, 2.05) is 0 Å². The molecule has 1 heterocycles. The summed E-state index contributed by atoms with van der Waals surface area (Å²) in [5, 5.41) is 0. The Labute approximate surface area is 119 Å². The summed E-state index contributed by atoms with van der Waals surface area (Å²) in [6.07, 6.45) is 0. The highest BCUT2D eigenvalue weighted by atomic mass is 19.1. The number of hydrogen-bond donors (Lipinski definition) is 1. The molecule has 0 spiro atoms. The van der Waals surface area contributed by atoms with Gasteiger partial charge >= 0.3 is 0 Å². The molecular formula is C15H12F2N2O2. The zero-order valence-corrected chi connectivity index (χ0v) is 11.4. The number of aromatic amines is 1. The van der Waals surface area contributed by atoms with E-state index in [0.717, 1.165) is 18.2 Å². The first-order valence-electron chi connectivity index (χ1n) is 6.19. The van der Waals surface area contributed by atoms with Gasteiger partial charge in [0, 0.05) is 12.1 Å². The van der Waals surface area contributed by atoms with E-state index in [1.54, 1.807) is 12.1 Å². The van der Waals surface area contributed by atoms with Crippen molar-refractivity contribution in [2.24, 2.45) is 0 Å². The van der Waals surface area contributed by atoms with Crippen molar-refractivity contribution in [3.63, 3.8) is 0 Å². The van der Waals surface area contributed by atoms with E-state index in [4.69, 9.17) is 9.47 Å². The summed E-state index contributed by atoms with van der Waals surface area (Å²) in [4.78, 5) is 7.22. The van der Waals surface area contributed by atoms with Gasteiger partial charge in [0.1, 0.15) is 17.5 Å². The molecule has 6 heteroatoms. The van der Waals surface area contributed by atoms with Crippen LogP contribution in [0.1, 0.15) is 0 Å². The fraction of sp³-hybridized carbons (Fsp3) is 0.133. The smallest absolute Gasteiger partial charge is 0.163 e. The molecule has 0 saturated carbocycles. The average molecular weight is 290 g/mol. The molecule has 0 bridgehead atoms. The van der Waals surface area contributed by atoms with Crippen LogP contribution in [0.2, 0.25) is 0 Å². The normalized spacial score (nSPS) is 10.9. The number of H-pyrrole nitrogens is 1. The monoisotopic (exact) mass is 290 g/mol. The first-order valence-corrected chi connectivity index (χ1v) is 6.19. The number of nitrogens with zero attached hydrogens (tertiary/aromatic N) is 1. The van der Waals surface area contributed by atoms with E-state index in [1.165, 1.54) is 14.2 Å². The van der Waals surface area contributed by atoms with Gasteiger partial charge in [0.2, 0.25) is 0 Å². The van der Waals surface area contributed by atoms with Crippen molar-refractivity contribution >= 4 is 11.0 Å². The average Bonchev–Trinajstić information content (AvgIpc) is 2.90. The summed E-state index contributed by atoms with van der Waals surface area (Å²) in [7, 11) is 3.04. The molecule has 0 radical (unpaired) electrons. The Morgan fingerprint density at radius 1 is 1.00 bits per heavy atom. The highest BCUT2D eigenvalue weighted by Crippen LogP contribution is 2.33. The molecule has 4 nitrogen and oxygen atoms in total. The highest BCUT2D eigenvalue weighted by Gasteiger charge is 2.14. The minimum atomic E-state index is -0.547. The van der Waals surface area contributed by atoms with Gasteiger partial charge in [0.05, 0.1) is 30.8 Å². The lowest BCUT2D eigenvalue weighted by atomic mass is 10.2. The highest BCUT2D eigenvalue weighted by molar-refractivity contribution is 5.83. The van der Waals surface area contributed by atoms with E-state index in [-0.39, 0.29) is 11.4 Å². The summed E-state index contributed by atoms with van der Waals surface area (Å²) in [6, 6.07) is 6.60. The largest absolute Gasteiger partial charge is 0.493 e. The third-order valence-electron chi connectivity index (χ3n) is 3.17. The molecule has 0 saturated heterocycles. The van der Waals surface area contributed by atoms with Gasteiger partial charge in [-0.1, -0.05) is 0 Å². The van der Waals surface area contributed by atoms with Gasteiger partial charge in [-0.15, -0.1) is 0 Å². The van der Waals surface area contributed by atoms with Crippen LogP contribution in [0.25, 0.3) is 22.4 Å². The van der Waals surface area contributed by atoms with Crippen molar-refractivity contribution < 1.29 is 18.3 Å². The molecule has 3 rings (SSSR count).